The maximum atomic E-state index is 13.5. The molecule has 21 heavy (non-hydrogen) atoms. The fourth-order valence-electron chi connectivity index (χ4n) is 2.23. The second-order valence-corrected chi connectivity index (χ2v) is 6.42. The van der Waals surface area contributed by atoms with Crippen molar-refractivity contribution in [3.63, 3.8) is 0 Å². The monoisotopic (exact) mass is 310 g/mol. The van der Waals surface area contributed by atoms with Gasteiger partial charge in [-0.25, -0.2) is 17.2 Å². The summed E-state index contributed by atoms with van der Waals surface area (Å²) in [5.41, 5.74) is 1.22. The van der Waals surface area contributed by atoms with Crippen LogP contribution < -0.4 is 10.0 Å². The number of halogens is 2. The van der Waals surface area contributed by atoms with Crippen molar-refractivity contribution in [1.82, 2.24) is 5.32 Å². The Morgan fingerprint density at radius 1 is 1.00 bits per heavy atom. The molecule has 0 fully saturated rings. The summed E-state index contributed by atoms with van der Waals surface area (Å²) in [5.74, 6) is -1.91. The maximum Gasteiger partial charge on any atom is 0.262 e. The summed E-state index contributed by atoms with van der Waals surface area (Å²) in [7, 11) is -4.04. The Hall–Kier alpha value is -1.99. The van der Waals surface area contributed by atoms with E-state index in [1.165, 1.54) is 18.2 Å². The summed E-state index contributed by atoms with van der Waals surface area (Å²) < 4.78 is 53.5. The highest BCUT2D eigenvalue weighted by Crippen LogP contribution is 2.24. The smallest absolute Gasteiger partial charge is 0.262 e. The number of sulfonamides is 1. The first-order valence-electron chi connectivity index (χ1n) is 6.27. The van der Waals surface area contributed by atoms with Gasteiger partial charge in [-0.05, 0) is 35.4 Å². The van der Waals surface area contributed by atoms with Crippen molar-refractivity contribution in [2.24, 2.45) is 0 Å². The molecule has 110 valence electrons. The lowest BCUT2D eigenvalue weighted by Crippen LogP contribution is -2.15. The topological polar surface area (TPSA) is 58.2 Å². The number of benzene rings is 2. The van der Waals surface area contributed by atoms with Gasteiger partial charge in [0.15, 0.2) is 0 Å². The molecule has 0 radical (unpaired) electrons. The molecule has 1 aliphatic rings. The van der Waals surface area contributed by atoms with Gasteiger partial charge in [0.1, 0.15) is 17.3 Å². The molecule has 0 aromatic heterocycles. The largest absolute Gasteiger partial charge is 0.309 e. The first kappa shape index (κ1) is 14.0. The van der Waals surface area contributed by atoms with Crippen LogP contribution in [0.25, 0.3) is 0 Å². The van der Waals surface area contributed by atoms with E-state index in [2.05, 4.69) is 5.32 Å². The molecule has 0 saturated heterocycles. The lowest BCUT2D eigenvalue weighted by atomic mass is 10.1. The quantitative estimate of drug-likeness (QED) is 0.915. The van der Waals surface area contributed by atoms with Crippen LogP contribution in [0.15, 0.2) is 41.3 Å². The molecule has 3 rings (SSSR count). The van der Waals surface area contributed by atoms with Crippen molar-refractivity contribution in [3.8, 4) is 0 Å². The van der Waals surface area contributed by atoms with Gasteiger partial charge in [-0.15, -0.1) is 0 Å². The van der Waals surface area contributed by atoms with E-state index >= 15 is 0 Å². The van der Waals surface area contributed by atoms with Crippen LogP contribution in [0.5, 0.6) is 0 Å². The van der Waals surface area contributed by atoms with Crippen LogP contribution in [-0.4, -0.2) is 8.42 Å². The number of hydrogen-bond donors (Lipinski definition) is 2. The van der Waals surface area contributed by atoms with Gasteiger partial charge < -0.3 is 5.32 Å². The third-order valence-electron chi connectivity index (χ3n) is 3.32. The third kappa shape index (κ3) is 2.62. The molecule has 0 spiro atoms. The highest BCUT2D eigenvalue weighted by atomic mass is 32.2. The van der Waals surface area contributed by atoms with Gasteiger partial charge in [-0.2, -0.15) is 0 Å². The Balaban J connectivity index is 1.98. The Morgan fingerprint density at radius 3 is 2.38 bits per heavy atom. The second-order valence-electron chi connectivity index (χ2n) is 4.74. The summed E-state index contributed by atoms with van der Waals surface area (Å²) in [6.45, 7) is 1.26. The normalized spacial score (nSPS) is 14.0. The summed E-state index contributed by atoms with van der Waals surface area (Å²) in [6.07, 6.45) is 0. The van der Waals surface area contributed by atoms with Crippen LogP contribution in [-0.2, 0) is 23.1 Å². The molecular weight excluding hydrogens is 298 g/mol. The first-order valence-corrected chi connectivity index (χ1v) is 7.75. The predicted octanol–water partition coefficient (Wildman–Crippen LogP) is 2.37. The minimum atomic E-state index is -4.04. The highest BCUT2D eigenvalue weighted by molar-refractivity contribution is 7.92. The zero-order valence-electron chi connectivity index (χ0n) is 10.9. The zero-order valence-corrected chi connectivity index (χ0v) is 11.7. The third-order valence-corrected chi connectivity index (χ3v) is 4.67. The highest BCUT2D eigenvalue weighted by Gasteiger charge is 2.21. The second kappa shape index (κ2) is 5.09. The van der Waals surface area contributed by atoms with Gasteiger partial charge in [0.05, 0.1) is 4.90 Å². The lowest BCUT2D eigenvalue weighted by Gasteiger charge is -2.10. The van der Waals surface area contributed by atoms with Crippen molar-refractivity contribution in [3.05, 3.63) is 59.2 Å². The number of hydrogen-bond acceptors (Lipinski definition) is 3. The fraction of sp³-hybridized carbons (Fsp3) is 0.143. The SMILES string of the molecule is O=S(=O)(Nc1c(F)cccc1F)c1ccc2c(c1)CNC2. The van der Waals surface area contributed by atoms with E-state index in [1.807, 2.05) is 4.72 Å². The van der Waals surface area contributed by atoms with Crippen molar-refractivity contribution < 1.29 is 17.2 Å². The van der Waals surface area contributed by atoms with E-state index in [9.17, 15) is 17.2 Å². The Bertz CT molecular complexity index is 786. The summed E-state index contributed by atoms with van der Waals surface area (Å²) in [6, 6.07) is 7.79. The van der Waals surface area contributed by atoms with Gasteiger partial charge in [-0.1, -0.05) is 12.1 Å². The number of anilines is 1. The van der Waals surface area contributed by atoms with Crippen LogP contribution in [0, 0.1) is 11.6 Å². The molecular formula is C14H12F2N2O2S. The van der Waals surface area contributed by atoms with Gasteiger partial charge in [-0.3, -0.25) is 4.72 Å². The summed E-state index contributed by atoms with van der Waals surface area (Å²) in [4.78, 5) is -0.0207. The Labute approximate surface area is 120 Å². The molecule has 0 atom stereocenters. The fourth-order valence-corrected chi connectivity index (χ4v) is 3.35. The van der Waals surface area contributed by atoms with Crippen molar-refractivity contribution in [1.29, 1.82) is 0 Å². The van der Waals surface area contributed by atoms with Crippen molar-refractivity contribution >= 4 is 15.7 Å². The van der Waals surface area contributed by atoms with E-state index in [-0.39, 0.29) is 4.90 Å². The Morgan fingerprint density at radius 2 is 1.67 bits per heavy atom. The van der Waals surface area contributed by atoms with E-state index in [1.54, 1.807) is 6.07 Å². The van der Waals surface area contributed by atoms with Gasteiger partial charge >= 0.3 is 0 Å². The van der Waals surface area contributed by atoms with E-state index in [0.717, 1.165) is 23.3 Å². The summed E-state index contributed by atoms with van der Waals surface area (Å²) >= 11 is 0. The minimum Gasteiger partial charge on any atom is -0.309 e. The Kier molecular flexibility index (Phi) is 3.38. The molecule has 0 amide bonds. The van der Waals surface area contributed by atoms with Gasteiger partial charge in [0.25, 0.3) is 10.0 Å². The molecule has 1 heterocycles. The van der Waals surface area contributed by atoms with Crippen LogP contribution >= 0.6 is 0 Å². The predicted molar refractivity (Wildman–Crippen MR) is 74.2 cm³/mol. The average molecular weight is 310 g/mol. The molecule has 0 bridgehead atoms. The van der Waals surface area contributed by atoms with Crippen LogP contribution in [0.1, 0.15) is 11.1 Å². The minimum absolute atomic E-state index is 0.0207. The molecule has 2 aromatic carbocycles. The van der Waals surface area contributed by atoms with E-state index in [0.29, 0.717) is 13.1 Å². The molecule has 0 saturated carbocycles. The average Bonchev–Trinajstić information content (AvgIpc) is 2.90. The van der Waals surface area contributed by atoms with E-state index in [4.69, 9.17) is 0 Å². The van der Waals surface area contributed by atoms with Crippen LogP contribution in [0.2, 0.25) is 0 Å². The molecule has 2 aromatic rings. The zero-order chi connectivity index (χ0) is 15.0. The standard InChI is InChI=1S/C14H12F2N2O2S/c15-12-2-1-3-13(16)14(12)18-21(19,20)11-5-4-9-7-17-8-10(9)6-11/h1-6,17-18H,7-8H2. The number of nitrogens with one attached hydrogen (secondary N) is 2. The summed E-state index contributed by atoms with van der Waals surface area (Å²) in [5, 5.41) is 3.10. The molecule has 0 aliphatic carbocycles. The molecule has 2 N–H and O–H groups in total. The van der Waals surface area contributed by atoms with Crippen LogP contribution in [0.3, 0.4) is 0 Å². The molecule has 4 nitrogen and oxygen atoms in total. The molecule has 7 heteroatoms. The number of fused-ring (bicyclic) bond motifs is 1. The number of para-hydroxylation sites is 1. The maximum absolute atomic E-state index is 13.5. The lowest BCUT2D eigenvalue weighted by molar-refractivity contribution is 0.583. The van der Waals surface area contributed by atoms with Crippen molar-refractivity contribution in [2.75, 3.05) is 4.72 Å². The first-order chi connectivity index (χ1) is 9.97. The van der Waals surface area contributed by atoms with Crippen LogP contribution in [0.4, 0.5) is 14.5 Å². The van der Waals surface area contributed by atoms with E-state index < -0.39 is 27.3 Å². The molecule has 1 aliphatic heterocycles. The van der Waals surface area contributed by atoms with Crippen molar-refractivity contribution in [2.45, 2.75) is 18.0 Å². The molecule has 0 unspecified atom stereocenters. The van der Waals surface area contributed by atoms with Gasteiger partial charge in [0, 0.05) is 13.1 Å². The van der Waals surface area contributed by atoms with Gasteiger partial charge in [0.2, 0.25) is 0 Å². The number of rotatable bonds is 3.